The van der Waals surface area contributed by atoms with Crippen LogP contribution < -0.4 is 5.32 Å². The summed E-state index contributed by atoms with van der Waals surface area (Å²) < 4.78 is 27.0. The van der Waals surface area contributed by atoms with Crippen LogP contribution in [0.2, 0.25) is 0 Å². The summed E-state index contributed by atoms with van der Waals surface area (Å²) in [4.78, 5) is 12.5. The molecule has 26 heavy (non-hydrogen) atoms. The molecule has 1 amide bonds. The minimum absolute atomic E-state index is 0.000153. The van der Waals surface area contributed by atoms with E-state index in [1.807, 2.05) is 24.3 Å². The summed E-state index contributed by atoms with van der Waals surface area (Å²) in [5, 5.41) is 5.31. The van der Waals surface area contributed by atoms with E-state index in [1.54, 1.807) is 0 Å². The number of benzene rings is 2. The molecule has 1 N–H and O–H groups in total. The van der Waals surface area contributed by atoms with Crippen molar-refractivity contribution in [3.8, 4) is 0 Å². The standard InChI is InChI=1S/C19H25N3O3S/c1-21(2)26(24,25)22-12-10-16(11-13-22)19(23)20-14-17-8-5-7-15-6-3-4-9-18(15)17/h3-9,16H,10-14H2,1-2H3,(H,20,23). The van der Waals surface area contributed by atoms with Gasteiger partial charge in [-0.1, -0.05) is 42.5 Å². The van der Waals surface area contributed by atoms with Gasteiger partial charge in [0.05, 0.1) is 0 Å². The van der Waals surface area contributed by atoms with Crippen LogP contribution in [0.3, 0.4) is 0 Å². The maximum Gasteiger partial charge on any atom is 0.281 e. The Morgan fingerprint density at radius 3 is 2.46 bits per heavy atom. The average Bonchev–Trinajstić information content (AvgIpc) is 2.66. The number of amides is 1. The Kier molecular flexibility index (Phi) is 5.60. The molecule has 0 bridgehead atoms. The molecule has 1 aliphatic heterocycles. The van der Waals surface area contributed by atoms with E-state index in [0.29, 0.717) is 32.5 Å². The van der Waals surface area contributed by atoms with Crippen LogP contribution in [0.1, 0.15) is 18.4 Å². The third-order valence-corrected chi connectivity index (χ3v) is 6.89. The fourth-order valence-electron chi connectivity index (χ4n) is 3.35. The number of rotatable bonds is 5. The Hall–Kier alpha value is -1.96. The van der Waals surface area contributed by atoms with Crippen LogP contribution in [0.5, 0.6) is 0 Å². The molecule has 140 valence electrons. The van der Waals surface area contributed by atoms with Crippen molar-refractivity contribution in [1.82, 2.24) is 13.9 Å². The molecule has 1 aliphatic rings. The van der Waals surface area contributed by atoms with Gasteiger partial charge in [-0.3, -0.25) is 4.79 Å². The number of hydrogen-bond acceptors (Lipinski definition) is 3. The minimum atomic E-state index is -3.39. The molecule has 0 unspecified atom stereocenters. The van der Waals surface area contributed by atoms with Gasteiger partial charge in [0.1, 0.15) is 0 Å². The number of hydrogen-bond donors (Lipinski definition) is 1. The third kappa shape index (κ3) is 3.90. The maximum absolute atomic E-state index is 12.5. The molecule has 1 fully saturated rings. The van der Waals surface area contributed by atoms with Crippen LogP contribution in [-0.4, -0.2) is 50.1 Å². The fraction of sp³-hybridized carbons (Fsp3) is 0.421. The predicted molar refractivity (Wildman–Crippen MR) is 103 cm³/mol. The number of nitrogens with zero attached hydrogens (tertiary/aromatic N) is 2. The smallest absolute Gasteiger partial charge is 0.281 e. The minimum Gasteiger partial charge on any atom is -0.352 e. The van der Waals surface area contributed by atoms with Crippen molar-refractivity contribution in [1.29, 1.82) is 0 Å². The van der Waals surface area contributed by atoms with Gasteiger partial charge in [0, 0.05) is 39.6 Å². The van der Waals surface area contributed by atoms with Crippen LogP contribution in [0.25, 0.3) is 10.8 Å². The molecular formula is C19H25N3O3S. The summed E-state index contributed by atoms with van der Waals surface area (Å²) in [6.07, 6.45) is 1.10. The van der Waals surface area contributed by atoms with Crippen LogP contribution in [-0.2, 0) is 21.5 Å². The molecule has 2 aromatic rings. The van der Waals surface area contributed by atoms with Crippen molar-refractivity contribution >= 4 is 26.9 Å². The second kappa shape index (κ2) is 7.73. The lowest BCUT2D eigenvalue weighted by Crippen LogP contribution is -2.46. The van der Waals surface area contributed by atoms with Crippen molar-refractivity contribution in [3.63, 3.8) is 0 Å². The van der Waals surface area contributed by atoms with Crippen LogP contribution >= 0.6 is 0 Å². The lowest BCUT2D eigenvalue weighted by atomic mass is 9.97. The third-order valence-electron chi connectivity index (χ3n) is 4.95. The molecule has 2 aromatic carbocycles. The lowest BCUT2D eigenvalue weighted by molar-refractivity contribution is -0.126. The first-order valence-corrected chi connectivity index (χ1v) is 10.2. The highest BCUT2D eigenvalue weighted by Crippen LogP contribution is 2.22. The van der Waals surface area contributed by atoms with Gasteiger partial charge in [-0.05, 0) is 29.2 Å². The quantitative estimate of drug-likeness (QED) is 0.869. The predicted octanol–water partition coefficient (Wildman–Crippen LogP) is 1.97. The summed E-state index contributed by atoms with van der Waals surface area (Å²) in [5.41, 5.74) is 1.09. The zero-order valence-electron chi connectivity index (χ0n) is 15.2. The normalized spacial score (nSPS) is 16.9. The van der Waals surface area contributed by atoms with Crippen LogP contribution in [0.4, 0.5) is 0 Å². The summed E-state index contributed by atoms with van der Waals surface area (Å²) >= 11 is 0. The molecule has 0 spiro atoms. The summed E-state index contributed by atoms with van der Waals surface area (Å²) in [6, 6.07) is 14.2. The Morgan fingerprint density at radius 2 is 1.77 bits per heavy atom. The monoisotopic (exact) mass is 375 g/mol. The number of carbonyl (C=O) groups excluding carboxylic acids is 1. The number of piperidine rings is 1. The van der Waals surface area contributed by atoms with Crippen LogP contribution in [0, 0.1) is 5.92 Å². The first kappa shape index (κ1) is 18.8. The van der Waals surface area contributed by atoms with E-state index in [0.717, 1.165) is 16.3 Å². The van der Waals surface area contributed by atoms with Gasteiger partial charge in [-0.2, -0.15) is 17.0 Å². The highest BCUT2D eigenvalue weighted by atomic mass is 32.2. The van der Waals surface area contributed by atoms with Gasteiger partial charge in [-0.15, -0.1) is 0 Å². The first-order chi connectivity index (χ1) is 12.4. The zero-order chi connectivity index (χ0) is 18.7. The van der Waals surface area contributed by atoms with E-state index in [-0.39, 0.29) is 11.8 Å². The van der Waals surface area contributed by atoms with Crippen molar-refractivity contribution < 1.29 is 13.2 Å². The molecule has 0 atom stereocenters. The molecule has 1 saturated heterocycles. The first-order valence-electron chi connectivity index (χ1n) is 8.81. The summed E-state index contributed by atoms with van der Waals surface area (Å²) in [5.74, 6) is -0.140. The van der Waals surface area contributed by atoms with Gasteiger partial charge in [0.15, 0.2) is 0 Å². The van der Waals surface area contributed by atoms with Gasteiger partial charge in [-0.25, -0.2) is 0 Å². The molecule has 7 heteroatoms. The molecule has 0 radical (unpaired) electrons. The van der Waals surface area contributed by atoms with E-state index >= 15 is 0 Å². The molecular weight excluding hydrogens is 350 g/mol. The fourth-order valence-corrected chi connectivity index (χ4v) is 4.49. The number of carbonyl (C=O) groups is 1. The SMILES string of the molecule is CN(C)S(=O)(=O)N1CCC(C(=O)NCc2cccc3ccccc23)CC1. The Balaban J connectivity index is 1.58. The van der Waals surface area contributed by atoms with Crippen molar-refractivity contribution in [2.45, 2.75) is 19.4 Å². The molecule has 6 nitrogen and oxygen atoms in total. The zero-order valence-corrected chi connectivity index (χ0v) is 16.0. The molecule has 3 rings (SSSR count). The Labute approximate surface area is 155 Å². The van der Waals surface area contributed by atoms with Crippen molar-refractivity contribution in [2.75, 3.05) is 27.2 Å². The molecule has 0 aliphatic carbocycles. The van der Waals surface area contributed by atoms with Crippen molar-refractivity contribution in [3.05, 3.63) is 48.0 Å². The highest BCUT2D eigenvalue weighted by molar-refractivity contribution is 7.86. The number of nitrogens with one attached hydrogen (secondary N) is 1. The second-order valence-corrected chi connectivity index (χ2v) is 8.96. The van der Waals surface area contributed by atoms with Gasteiger partial charge < -0.3 is 5.32 Å². The van der Waals surface area contributed by atoms with E-state index in [9.17, 15) is 13.2 Å². The Bertz CT molecular complexity index is 883. The topological polar surface area (TPSA) is 69.7 Å². The van der Waals surface area contributed by atoms with E-state index in [4.69, 9.17) is 0 Å². The highest BCUT2D eigenvalue weighted by Gasteiger charge is 2.32. The van der Waals surface area contributed by atoms with Gasteiger partial charge in [0.25, 0.3) is 10.2 Å². The van der Waals surface area contributed by atoms with E-state index in [2.05, 4.69) is 23.5 Å². The lowest BCUT2D eigenvalue weighted by Gasteiger charge is -2.32. The summed E-state index contributed by atoms with van der Waals surface area (Å²) in [6.45, 7) is 1.25. The average molecular weight is 375 g/mol. The van der Waals surface area contributed by atoms with Crippen molar-refractivity contribution in [2.24, 2.45) is 5.92 Å². The number of fused-ring (bicyclic) bond motifs is 1. The Morgan fingerprint density at radius 1 is 1.12 bits per heavy atom. The maximum atomic E-state index is 12.5. The summed E-state index contributed by atoms with van der Waals surface area (Å²) in [7, 11) is -0.342. The molecule has 1 heterocycles. The van der Waals surface area contributed by atoms with Crippen LogP contribution in [0.15, 0.2) is 42.5 Å². The van der Waals surface area contributed by atoms with Gasteiger partial charge in [0.2, 0.25) is 5.91 Å². The largest absolute Gasteiger partial charge is 0.352 e. The van der Waals surface area contributed by atoms with E-state index < -0.39 is 10.2 Å². The van der Waals surface area contributed by atoms with Gasteiger partial charge >= 0.3 is 0 Å². The molecule has 0 aromatic heterocycles. The second-order valence-electron chi connectivity index (χ2n) is 6.82. The van der Waals surface area contributed by atoms with E-state index in [1.165, 1.54) is 22.7 Å². The molecule has 0 saturated carbocycles.